The predicted octanol–water partition coefficient (Wildman–Crippen LogP) is 1.76. The van der Waals surface area contributed by atoms with E-state index in [0.29, 0.717) is 11.4 Å². The molecule has 0 fully saturated rings. The average molecular weight is 234 g/mol. The van der Waals surface area contributed by atoms with Crippen LogP contribution in [0.3, 0.4) is 0 Å². The number of carbonyl (C=O) groups excluding carboxylic acids is 1. The molecule has 2 aromatic rings. The highest BCUT2D eigenvalue weighted by molar-refractivity contribution is 6.03. The maximum absolute atomic E-state index is 11.8. The Bertz CT molecular complexity index is 541. The summed E-state index contributed by atoms with van der Waals surface area (Å²) < 4.78 is 6.66. The fraction of sp³-hybridized carbons (Fsp3) is 0.364. The molecule has 2 heterocycles. The van der Waals surface area contributed by atoms with Crippen molar-refractivity contribution in [1.29, 1.82) is 0 Å². The molecule has 0 aliphatic rings. The molecule has 2 aromatic heterocycles. The number of hydrogen-bond acceptors (Lipinski definition) is 4. The molecule has 0 saturated heterocycles. The molecule has 0 bridgehead atoms. The van der Waals surface area contributed by atoms with Gasteiger partial charge in [-0.05, 0) is 20.8 Å². The molecule has 0 radical (unpaired) electrons. The van der Waals surface area contributed by atoms with E-state index in [1.807, 2.05) is 18.5 Å². The van der Waals surface area contributed by atoms with Gasteiger partial charge in [0, 0.05) is 12.6 Å². The second-order valence-electron chi connectivity index (χ2n) is 3.74. The van der Waals surface area contributed by atoms with E-state index in [2.05, 4.69) is 15.6 Å². The SMILES string of the molecule is CCn1ncc(NC(=O)c2cc(C)on2)c1C. The lowest BCUT2D eigenvalue weighted by Gasteiger charge is -2.02. The molecule has 0 aliphatic carbocycles. The lowest BCUT2D eigenvalue weighted by atomic mass is 10.3. The van der Waals surface area contributed by atoms with Crippen molar-refractivity contribution in [2.75, 3.05) is 5.32 Å². The quantitative estimate of drug-likeness (QED) is 0.878. The number of carbonyl (C=O) groups is 1. The zero-order valence-corrected chi connectivity index (χ0v) is 10.0. The van der Waals surface area contributed by atoms with Gasteiger partial charge in [-0.1, -0.05) is 5.16 Å². The number of nitrogens with one attached hydrogen (secondary N) is 1. The van der Waals surface area contributed by atoms with Gasteiger partial charge in [0.2, 0.25) is 0 Å². The van der Waals surface area contributed by atoms with Crippen molar-refractivity contribution in [3.8, 4) is 0 Å². The molecule has 2 rings (SSSR count). The van der Waals surface area contributed by atoms with Crippen LogP contribution in [0.1, 0.15) is 28.9 Å². The Kier molecular flexibility index (Phi) is 2.95. The Morgan fingerprint density at radius 1 is 1.53 bits per heavy atom. The van der Waals surface area contributed by atoms with Gasteiger partial charge in [0.25, 0.3) is 5.91 Å². The first-order valence-corrected chi connectivity index (χ1v) is 5.39. The summed E-state index contributed by atoms with van der Waals surface area (Å²) in [6.45, 7) is 6.40. The van der Waals surface area contributed by atoms with Crippen LogP contribution < -0.4 is 5.32 Å². The summed E-state index contributed by atoms with van der Waals surface area (Å²) in [4.78, 5) is 11.8. The second kappa shape index (κ2) is 4.40. The van der Waals surface area contributed by atoms with E-state index in [4.69, 9.17) is 4.52 Å². The minimum Gasteiger partial charge on any atom is -0.361 e. The van der Waals surface area contributed by atoms with E-state index in [0.717, 1.165) is 12.2 Å². The molecule has 0 unspecified atom stereocenters. The molecule has 0 aliphatic heterocycles. The zero-order chi connectivity index (χ0) is 12.4. The van der Waals surface area contributed by atoms with Gasteiger partial charge in [-0.15, -0.1) is 0 Å². The van der Waals surface area contributed by atoms with Crippen LogP contribution in [-0.2, 0) is 6.54 Å². The number of anilines is 1. The number of amides is 1. The second-order valence-corrected chi connectivity index (χ2v) is 3.74. The lowest BCUT2D eigenvalue weighted by Crippen LogP contribution is -2.13. The summed E-state index contributed by atoms with van der Waals surface area (Å²) in [6, 6.07) is 1.59. The Morgan fingerprint density at radius 3 is 2.82 bits per heavy atom. The highest BCUT2D eigenvalue weighted by atomic mass is 16.5. The first-order chi connectivity index (χ1) is 8.11. The summed E-state index contributed by atoms with van der Waals surface area (Å²) >= 11 is 0. The number of rotatable bonds is 3. The van der Waals surface area contributed by atoms with Crippen molar-refractivity contribution in [2.45, 2.75) is 27.3 Å². The van der Waals surface area contributed by atoms with Gasteiger partial charge in [0.15, 0.2) is 5.69 Å². The van der Waals surface area contributed by atoms with E-state index in [-0.39, 0.29) is 11.6 Å². The van der Waals surface area contributed by atoms with Crippen LogP contribution in [0.4, 0.5) is 5.69 Å². The topological polar surface area (TPSA) is 73.0 Å². The Balaban J connectivity index is 2.15. The smallest absolute Gasteiger partial charge is 0.277 e. The van der Waals surface area contributed by atoms with Gasteiger partial charge in [-0.25, -0.2) is 0 Å². The van der Waals surface area contributed by atoms with Crippen LogP contribution in [0.25, 0.3) is 0 Å². The molecule has 6 nitrogen and oxygen atoms in total. The molecule has 1 amide bonds. The first kappa shape index (κ1) is 11.4. The van der Waals surface area contributed by atoms with Crippen molar-refractivity contribution < 1.29 is 9.32 Å². The minimum absolute atomic E-state index is 0.270. The van der Waals surface area contributed by atoms with Crippen molar-refractivity contribution in [3.05, 3.63) is 29.4 Å². The van der Waals surface area contributed by atoms with E-state index in [1.54, 1.807) is 19.2 Å². The predicted molar refractivity (Wildman–Crippen MR) is 61.8 cm³/mol. The number of nitrogens with zero attached hydrogens (tertiary/aromatic N) is 3. The Labute approximate surface area is 98.6 Å². The molecule has 17 heavy (non-hydrogen) atoms. The Hall–Kier alpha value is -2.11. The van der Waals surface area contributed by atoms with Crippen LogP contribution in [-0.4, -0.2) is 20.8 Å². The van der Waals surface area contributed by atoms with E-state index in [9.17, 15) is 4.79 Å². The molecule has 0 saturated carbocycles. The third-order valence-corrected chi connectivity index (χ3v) is 2.51. The summed E-state index contributed by atoms with van der Waals surface area (Å²) in [6.07, 6.45) is 1.63. The van der Waals surface area contributed by atoms with E-state index in [1.165, 1.54) is 0 Å². The van der Waals surface area contributed by atoms with Crippen LogP contribution in [0, 0.1) is 13.8 Å². The number of hydrogen-bond donors (Lipinski definition) is 1. The van der Waals surface area contributed by atoms with Gasteiger partial charge < -0.3 is 9.84 Å². The van der Waals surface area contributed by atoms with E-state index < -0.39 is 0 Å². The summed E-state index contributed by atoms with van der Waals surface area (Å²) in [5, 5.41) is 10.5. The summed E-state index contributed by atoms with van der Waals surface area (Å²) in [5.74, 6) is 0.316. The van der Waals surface area contributed by atoms with Crippen molar-refractivity contribution in [3.63, 3.8) is 0 Å². The molecule has 0 aromatic carbocycles. The largest absolute Gasteiger partial charge is 0.361 e. The Morgan fingerprint density at radius 2 is 2.29 bits per heavy atom. The highest BCUT2D eigenvalue weighted by Gasteiger charge is 2.13. The van der Waals surface area contributed by atoms with Crippen LogP contribution in [0.2, 0.25) is 0 Å². The lowest BCUT2D eigenvalue weighted by molar-refractivity contribution is 0.101. The van der Waals surface area contributed by atoms with Gasteiger partial charge >= 0.3 is 0 Å². The monoisotopic (exact) mass is 234 g/mol. The number of aryl methyl sites for hydroxylation is 2. The highest BCUT2D eigenvalue weighted by Crippen LogP contribution is 2.14. The van der Waals surface area contributed by atoms with Crippen LogP contribution >= 0.6 is 0 Å². The van der Waals surface area contributed by atoms with Crippen LogP contribution in [0.15, 0.2) is 16.8 Å². The molecular weight excluding hydrogens is 220 g/mol. The van der Waals surface area contributed by atoms with Crippen molar-refractivity contribution >= 4 is 11.6 Å². The summed E-state index contributed by atoms with van der Waals surface area (Å²) in [5.41, 5.74) is 1.88. The molecule has 1 N–H and O–H groups in total. The van der Waals surface area contributed by atoms with Crippen molar-refractivity contribution in [1.82, 2.24) is 14.9 Å². The maximum Gasteiger partial charge on any atom is 0.277 e. The fourth-order valence-corrected chi connectivity index (χ4v) is 1.55. The third-order valence-electron chi connectivity index (χ3n) is 2.51. The molecular formula is C11H14N4O2. The molecule has 6 heteroatoms. The molecule has 0 spiro atoms. The molecule has 0 atom stereocenters. The van der Waals surface area contributed by atoms with Gasteiger partial charge in [0.05, 0.1) is 17.6 Å². The van der Waals surface area contributed by atoms with E-state index >= 15 is 0 Å². The van der Waals surface area contributed by atoms with Gasteiger partial charge in [-0.2, -0.15) is 5.10 Å². The minimum atomic E-state index is -0.291. The normalized spacial score (nSPS) is 10.5. The zero-order valence-electron chi connectivity index (χ0n) is 10.0. The van der Waals surface area contributed by atoms with Crippen LogP contribution in [0.5, 0.6) is 0 Å². The van der Waals surface area contributed by atoms with Gasteiger partial charge in [0.1, 0.15) is 5.76 Å². The molecule has 90 valence electrons. The maximum atomic E-state index is 11.8. The van der Waals surface area contributed by atoms with Gasteiger partial charge in [-0.3, -0.25) is 9.48 Å². The third kappa shape index (κ3) is 2.20. The standard InChI is InChI=1S/C11H14N4O2/c1-4-15-8(3)10(6-12-15)13-11(16)9-5-7(2)17-14-9/h5-6H,4H2,1-3H3,(H,13,16). The fourth-order valence-electron chi connectivity index (χ4n) is 1.55. The first-order valence-electron chi connectivity index (χ1n) is 5.39. The summed E-state index contributed by atoms with van der Waals surface area (Å²) in [7, 11) is 0. The number of aromatic nitrogens is 3. The van der Waals surface area contributed by atoms with Crippen molar-refractivity contribution in [2.24, 2.45) is 0 Å². The average Bonchev–Trinajstić information content (AvgIpc) is 2.87.